The molecule has 0 fully saturated rings. The minimum absolute atomic E-state index is 0.114. The highest BCUT2D eigenvalue weighted by molar-refractivity contribution is 9.10. The van der Waals surface area contributed by atoms with Crippen LogP contribution in [-0.2, 0) is 24.3 Å². The molecule has 2 aromatic rings. The first-order valence-electron chi connectivity index (χ1n) is 5.36. The third-order valence-electron chi connectivity index (χ3n) is 2.26. The lowest BCUT2D eigenvalue weighted by molar-refractivity contribution is -0.136. The van der Waals surface area contributed by atoms with Crippen LogP contribution >= 0.6 is 38.6 Å². The Hall–Kier alpha value is -0.690. The Morgan fingerprint density at radius 1 is 1.28 bits per heavy atom. The molecule has 0 atom stereocenters. The summed E-state index contributed by atoms with van der Waals surface area (Å²) in [7, 11) is 0. The van der Waals surface area contributed by atoms with E-state index >= 15 is 0 Å². The average Bonchev–Trinajstić information content (AvgIpc) is 2.88. The van der Waals surface area contributed by atoms with Crippen molar-refractivity contribution >= 4 is 44.6 Å². The second-order valence-corrected chi connectivity index (χ2v) is 6.94. The lowest BCUT2D eigenvalue weighted by Crippen LogP contribution is -2.10. The molecule has 0 radical (unpaired) electrons. The minimum atomic E-state index is -0.778. The largest absolute Gasteiger partial charge is 0.481 e. The van der Waals surface area contributed by atoms with Crippen molar-refractivity contribution < 1.29 is 9.90 Å². The Balaban J connectivity index is 1.79. The van der Waals surface area contributed by atoms with Crippen LogP contribution < -0.4 is 5.32 Å². The minimum Gasteiger partial charge on any atom is -0.481 e. The van der Waals surface area contributed by atoms with Crippen molar-refractivity contribution in [2.75, 3.05) is 0 Å². The fourth-order valence-corrected chi connectivity index (χ4v) is 3.92. The fraction of sp³-hybridized carbons (Fsp3) is 0.250. The first-order chi connectivity index (χ1) is 8.63. The summed E-state index contributed by atoms with van der Waals surface area (Å²) in [6.45, 7) is 1.61. The number of carboxylic acids is 1. The van der Waals surface area contributed by atoms with Gasteiger partial charge in [0.1, 0.15) is 0 Å². The Bertz CT molecular complexity index is 536. The molecule has 2 heterocycles. The number of hydrogen-bond acceptors (Lipinski definition) is 4. The Morgan fingerprint density at radius 2 is 2.00 bits per heavy atom. The Morgan fingerprint density at radius 3 is 2.67 bits per heavy atom. The van der Waals surface area contributed by atoms with Crippen molar-refractivity contribution in [2.24, 2.45) is 0 Å². The number of rotatable bonds is 6. The summed E-state index contributed by atoms with van der Waals surface area (Å²) in [5.74, 6) is -0.778. The maximum atomic E-state index is 10.6. The van der Waals surface area contributed by atoms with Gasteiger partial charge in [-0.15, -0.1) is 22.7 Å². The van der Waals surface area contributed by atoms with Gasteiger partial charge >= 0.3 is 5.97 Å². The lowest BCUT2D eigenvalue weighted by Gasteiger charge is -2.00. The number of aliphatic carboxylic acids is 1. The predicted octanol–water partition coefficient (Wildman–Crippen LogP) is 3.49. The van der Waals surface area contributed by atoms with Crippen molar-refractivity contribution in [1.82, 2.24) is 5.32 Å². The molecule has 0 amide bonds. The highest BCUT2D eigenvalue weighted by Gasteiger charge is 2.04. The fourth-order valence-electron chi connectivity index (χ4n) is 1.52. The normalized spacial score (nSPS) is 10.7. The summed E-state index contributed by atoms with van der Waals surface area (Å²) in [5.41, 5.74) is 0. The summed E-state index contributed by atoms with van der Waals surface area (Å²) >= 11 is 6.69. The summed E-state index contributed by atoms with van der Waals surface area (Å²) < 4.78 is 1.11. The van der Waals surface area contributed by atoms with Crippen molar-refractivity contribution in [3.63, 3.8) is 0 Å². The summed E-state index contributed by atoms with van der Waals surface area (Å²) in [4.78, 5) is 13.9. The van der Waals surface area contributed by atoms with E-state index in [1.807, 2.05) is 12.1 Å². The molecule has 0 saturated heterocycles. The molecule has 0 aliphatic rings. The van der Waals surface area contributed by atoms with Crippen LogP contribution in [0.25, 0.3) is 0 Å². The van der Waals surface area contributed by atoms with Crippen molar-refractivity contribution in [3.05, 3.63) is 42.7 Å². The van der Waals surface area contributed by atoms with Gasteiger partial charge in [-0.3, -0.25) is 4.79 Å². The van der Waals surface area contributed by atoms with Crippen molar-refractivity contribution in [1.29, 1.82) is 0 Å². The van der Waals surface area contributed by atoms with Crippen LogP contribution in [0.1, 0.15) is 14.6 Å². The molecule has 96 valence electrons. The summed E-state index contributed by atoms with van der Waals surface area (Å²) in [6.07, 6.45) is 0.114. The van der Waals surface area contributed by atoms with E-state index in [1.165, 1.54) is 9.75 Å². The summed E-state index contributed by atoms with van der Waals surface area (Å²) in [6, 6.07) is 5.97. The molecule has 0 spiro atoms. The SMILES string of the molecule is O=C(O)Cc1ccc(CNCc2cc(Br)cs2)s1. The van der Waals surface area contributed by atoms with Gasteiger partial charge in [0, 0.05) is 37.6 Å². The van der Waals surface area contributed by atoms with Gasteiger partial charge in [0.2, 0.25) is 0 Å². The Kier molecular flexibility index (Phi) is 4.94. The number of nitrogens with one attached hydrogen (secondary N) is 1. The molecule has 3 nitrogen and oxygen atoms in total. The molecule has 2 aromatic heterocycles. The molecule has 0 bridgehead atoms. The van der Waals surface area contributed by atoms with Crippen LogP contribution in [0.2, 0.25) is 0 Å². The molecular weight excluding hydrogens is 334 g/mol. The van der Waals surface area contributed by atoms with E-state index in [4.69, 9.17) is 5.11 Å². The van der Waals surface area contributed by atoms with Crippen molar-refractivity contribution in [3.8, 4) is 0 Å². The van der Waals surface area contributed by atoms with Gasteiger partial charge in [0.05, 0.1) is 6.42 Å². The molecule has 0 saturated carbocycles. The van der Waals surface area contributed by atoms with Crippen LogP contribution in [-0.4, -0.2) is 11.1 Å². The zero-order valence-corrected chi connectivity index (χ0v) is 12.7. The monoisotopic (exact) mass is 345 g/mol. The molecule has 0 aliphatic carbocycles. The molecule has 18 heavy (non-hydrogen) atoms. The maximum absolute atomic E-state index is 10.6. The van der Waals surface area contributed by atoms with Gasteiger partial charge in [-0.1, -0.05) is 0 Å². The van der Waals surface area contributed by atoms with Gasteiger partial charge in [-0.05, 0) is 34.1 Å². The molecule has 0 unspecified atom stereocenters. The summed E-state index contributed by atoms with van der Waals surface area (Å²) in [5, 5.41) is 14.1. The van der Waals surface area contributed by atoms with E-state index < -0.39 is 5.97 Å². The second kappa shape index (κ2) is 6.47. The van der Waals surface area contributed by atoms with Gasteiger partial charge in [-0.25, -0.2) is 0 Å². The highest BCUT2D eigenvalue weighted by atomic mass is 79.9. The number of thiophene rings is 2. The van der Waals surface area contributed by atoms with E-state index in [0.717, 1.165) is 22.4 Å². The average molecular weight is 346 g/mol. The van der Waals surface area contributed by atoms with E-state index in [0.29, 0.717) is 0 Å². The number of hydrogen-bond donors (Lipinski definition) is 2. The number of carboxylic acid groups (broad SMARTS) is 1. The topological polar surface area (TPSA) is 49.3 Å². The first kappa shape index (κ1) is 13.7. The molecular formula is C12H12BrNO2S2. The molecule has 2 rings (SSSR count). The van der Waals surface area contributed by atoms with Crippen LogP contribution in [0.5, 0.6) is 0 Å². The lowest BCUT2D eigenvalue weighted by atomic mass is 10.3. The zero-order valence-electron chi connectivity index (χ0n) is 9.48. The first-order valence-corrected chi connectivity index (χ1v) is 7.85. The van der Waals surface area contributed by atoms with E-state index in [2.05, 4.69) is 32.7 Å². The van der Waals surface area contributed by atoms with Crippen LogP contribution in [0.15, 0.2) is 28.1 Å². The van der Waals surface area contributed by atoms with Gasteiger partial charge < -0.3 is 10.4 Å². The van der Waals surface area contributed by atoms with E-state index in [-0.39, 0.29) is 6.42 Å². The van der Waals surface area contributed by atoms with Crippen LogP contribution in [0.3, 0.4) is 0 Å². The quantitative estimate of drug-likeness (QED) is 0.842. The third-order valence-corrected chi connectivity index (χ3v) is 5.05. The van der Waals surface area contributed by atoms with E-state index in [9.17, 15) is 4.79 Å². The third kappa shape index (κ3) is 4.20. The molecule has 2 N–H and O–H groups in total. The Labute approximate surface area is 122 Å². The zero-order chi connectivity index (χ0) is 13.0. The standard InChI is InChI=1S/C12H12BrNO2S2/c13-8-3-11(17-7-8)6-14-5-10-2-1-9(18-10)4-12(15)16/h1-3,7,14H,4-6H2,(H,15,16). The second-order valence-electron chi connectivity index (χ2n) is 3.77. The van der Waals surface area contributed by atoms with Crippen molar-refractivity contribution in [2.45, 2.75) is 19.5 Å². The molecule has 0 aliphatic heterocycles. The number of halogens is 1. The van der Waals surface area contributed by atoms with Crippen LogP contribution in [0, 0.1) is 0 Å². The van der Waals surface area contributed by atoms with Gasteiger partial charge in [-0.2, -0.15) is 0 Å². The maximum Gasteiger partial charge on any atom is 0.308 e. The molecule has 6 heteroatoms. The van der Waals surface area contributed by atoms with E-state index in [1.54, 1.807) is 22.7 Å². The highest BCUT2D eigenvalue weighted by Crippen LogP contribution is 2.20. The molecule has 0 aromatic carbocycles. The smallest absolute Gasteiger partial charge is 0.308 e. The number of carbonyl (C=O) groups is 1. The van der Waals surface area contributed by atoms with Crippen LogP contribution in [0.4, 0.5) is 0 Å². The predicted molar refractivity (Wildman–Crippen MR) is 78.2 cm³/mol. The van der Waals surface area contributed by atoms with Gasteiger partial charge in [0.15, 0.2) is 0 Å². The van der Waals surface area contributed by atoms with Gasteiger partial charge in [0.25, 0.3) is 0 Å².